The van der Waals surface area contributed by atoms with E-state index in [4.69, 9.17) is 4.42 Å². The van der Waals surface area contributed by atoms with E-state index in [2.05, 4.69) is 42.4 Å². The van der Waals surface area contributed by atoms with E-state index in [1.54, 1.807) is 11.3 Å². The highest BCUT2D eigenvalue weighted by Gasteiger charge is 2.21. The number of aryl methyl sites for hydroxylation is 1. The molecule has 2 aromatic heterocycles. The van der Waals surface area contributed by atoms with Crippen LogP contribution in [-0.4, -0.2) is 27.9 Å². The molecule has 0 saturated heterocycles. The molecule has 0 unspecified atom stereocenters. The van der Waals surface area contributed by atoms with Crippen molar-refractivity contribution in [3.05, 3.63) is 16.5 Å². The standard InChI is InChI=1S/C20H29N3O2S2/c1-4-5-6-7-14(3)21-18(24)12-26-20-23-22-19(25-20)17-11-15-10-13(2)8-9-16(15)27-17/h11,13-14H,4-10,12H2,1-3H3,(H,21,24)/t13-,14+/m1/s1. The van der Waals surface area contributed by atoms with Crippen molar-refractivity contribution in [2.45, 2.75) is 77.0 Å². The van der Waals surface area contributed by atoms with Gasteiger partial charge in [-0.1, -0.05) is 44.9 Å². The molecule has 1 aliphatic rings. The van der Waals surface area contributed by atoms with E-state index < -0.39 is 0 Å². The van der Waals surface area contributed by atoms with Gasteiger partial charge in [0.05, 0.1) is 10.6 Å². The molecule has 2 heterocycles. The number of hydrogen-bond donors (Lipinski definition) is 1. The van der Waals surface area contributed by atoms with Gasteiger partial charge in [0.2, 0.25) is 5.91 Å². The van der Waals surface area contributed by atoms with E-state index >= 15 is 0 Å². The number of amides is 1. The lowest BCUT2D eigenvalue weighted by molar-refractivity contribution is -0.119. The average Bonchev–Trinajstić information content (AvgIpc) is 3.26. The molecule has 0 aliphatic heterocycles. The minimum Gasteiger partial charge on any atom is -0.410 e. The van der Waals surface area contributed by atoms with Gasteiger partial charge in [0, 0.05) is 10.9 Å². The van der Waals surface area contributed by atoms with Crippen LogP contribution in [0, 0.1) is 5.92 Å². The van der Waals surface area contributed by atoms with Crippen molar-refractivity contribution in [2.24, 2.45) is 5.92 Å². The second-order valence-corrected chi connectivity index (χ2v) is 9.60. The van der Waals surface area contributed by atoms with E-state index in [0.717, 1.165) is 36.5 Å². The molecule has 1 aliphatic carbocycles. The molecule has 0 fully saturated rings. The number of fused-ring (bicyclic) bond motifs is 1. The maximum atomic E-state index is 12.1. The molecule has 3 rings (SSSR count). The highest BCUT2D eigenvalue weighted by molar-refractivity contribution is 7.99. The van der Waals surface area contributed by atoms with Gasteiger partial charge < -0.3 is 9.73 Å². The minimum absolute atomic E-state index is 0.0179. The second kappa shape index (κ2) is 9.73. The monoisotopic (exact) mass is 407 g/mol. The Hall–Kier alpha value is -1.34. The maximum absolute atomic E-state index is 12.1. The number of nitrogens with zero attached hydrogens (tertiary/aromatic N) is 2. The number of nitrogens with one attached hydrogen (secondary N) is 1. The third-order valence-corrected chi connectivity index (χ3v) is 6.96. The smallest absolute Gasteiger partial charge is 0.277 e. The molecular formula is C20H29N3O2S2. The summed E-state index contributed by atoms with van der Waals surface area (Å²) in [6.45, 7) is 6.55. The van der Waals surface area contributed by atoms with Gasteiger partial charge in [-0.2, -0.15) is 0 Å². The summed E-state index contributed by atoms with van der Waals surface area (Å²) in [5, 5.41) is 11.8. The molecule has 7 heteroatoms. The van der Waals surface area contributed by atoms with E-state index in [0.29, 0.717) is 16.9 Å². The van der Waals surface area contributed by atoms with E-state index in [9.17, 15) is 4.79 Å². The van der Waals surface area contributed by atoms with E-state index in [-0.39, 0.29) is 11.9 Å². The van der Waals surface area contributed by atoms with Crippen LogP contribution in [0.25, 0.3) is 10.8 Å². The number of hydrogen-bond acceptors (Lipinski definition) is 6. The van der Waals surface area contributed by atoms with E-state index in [1.165, 1.54) is 41.5 Å². The number of rotatable bonds is 9. The molecule has 1 N–H and O–H groups in total. The lowest BCUT2D eigenvalue weighted by atomic mass is 9.90. The zero-order chi connectivity index (χ0) is 19.2. The Kier molecular flexibility index (Phi) is 7.35. The number of aromatic nitrogens is 2. The van der Waals surface area contributed by atoms with Gasteiger partial charge in [0.25, 0.3) is 11.1 Å². The summed E-state index contributed by atoms with van der Waals surface area (Å²) in [5.41, 5.74) is 1.43. The molecule has 0 radical (unpaired) electrons. The van der Waals surface area contributed by atoms with Crippen LogP contribution in [0.2, 0.25) is 0 Å². The molecule has 2 aromatic rings. The summed E-state index contributed by atoms with van der Waals surface area (Å²) >= 11 is 3.06. The Morgan fingerprint density at radius 3 is 3.11 bits per heavy atom. The summed E-state index contributed by atoms with van der Waals surface area (Å²) in [4.78, 5) is 14.6. The van der Waals surface area contributed by atoms with Gasteiger partial charge in [0.15, 0.2) is 0 Å². The molecule has 0 saturated carbocycles. The predicted molar refractivity (Wildman–Crippen MR) is 111 cm³/mol. The number of thiophene rings is 1. The lowest BCUT2D eigenvalue weighted by Crippen LogP contribution is -2.33. The highest BCUT2D eigenvalue weighted by atomic mass is 32.2. The predicted octanol–water partition coefficient (Wildman–Crippen LogP) is 5.10. The molecular weight excluding hydrogens is 378 g/mol. The van der Waals surface area contributed by atoms with Crippen LogP contribution in [0.3, 0.4) is 0 Å². The van der Waals surface area contributed by atoms with Gasteiger partial charge in [-0.05, 0) is 50.2 Å². The summed E-state index contributed by atoms with van der Waals surface area (Å²) in [6, 6.07) is 2.41. The first kappa shape index (κ1) is 20.4. The van der Waals surface area contributed by atoms with Gasteiger partial charge in [-0.15, -0.1) is 21.5 Å². The van der Waals surface area contributed by atoms with Crippen molar-refractivity contribution in [1.82, 2.24) is 15.5 Å². The van der Waals surface area contributed by atoms with Gasteiger partial charge in [-0.25, -0.2) is 0 Å². The number of carbonyl (C=O) groups excluding carboxylic acids is 1. The van der Waals surface area contributed by atoms with Gasteiger partial charge >= 0.3 is 0 Å². The topological polar surface area (TPSA) is 68.0 Å². The molecule has 1 amide bonds. The molecule has 0 spiro atoms. The van der Waals surface area contributed by atoms with Crippen LogP contribution in [0.5, 0.6) is 0 Å². The van der Waals surface area contributed by atoms with Crippen LogP contribution in [0.4, 0.5) is 0 Å². The third kappa shape index (κ3) is 5.82. The van der Waals surface area contributed by atoms with Gasteiger partial charge in [-0.3, -0.25) is 4.79 Å². The molecule has 0 aromatic carbocycles. The van der Waals surface area contributed by atoms with Crippen LogP contribution < -0.4 is 5.32 Å². The molecule has 27 heavy (non-hydrogen) atoms. The second-order valence-electron chi connectivity index (χ2n) is 7.53. The van der Waals surface area contributed by atoms with Crippen molar-refractivity contribution in [2.75, 3.05) is 5.75 Å². The highest BCUT2D eigenvalue weighted by Crippen LogP contribution is 2.37. The first-order chi connectivity index (χ1) is 13.0. The van der Waals surface area contributed by atoms with Crippen LogP contribution in [-0.2, 0) is 17.6 Å². The maximum Gasteiger partial charge on any atom is 0.277 e. The molecule has 2 atom stereocenters. The first-order valence-corrected chi connectivity index (χ1v) is 11.7. The Morgan fingerprint density at radius 1 is 1.44 bits per heavy atom. The largest absolute Gasteiger partial charge is 0.410 e. The summed E-state index contributed by atoms with van der Waals surface area (Å²) in [6.07, 6.45) is 8.13. The average molecular weight is 408 g/mol. The minimum atomic E-state index is 0.0179. The molecule has 148 valence electrons. The third-order valence-electron chi connectivity index (χ3n) is 4.92. The van der Waals surface area contributed by atoms with Crippen molar-refractivity contribution >= 4 is 29.0 Å². The van der Waals surface area contributed by atoms with Crippen LogP contribution >= 0.6 is 23.1 Å². The van der Waals surface area contributed by atoms with Crippen molar-refractivity contribution in [3.63, 3.8) is 0 Å². The normalized spacial score (nSPS) is 17.5. The zero-order valence-electron chi connectivity index (χ0n) is 16.4. The van der Waals surface area contributed by atoms with Crippen molar-refractivity contribution < 1.29 is 9.21 Å². The van der Waals surface area contributed by atoms with Gasteiger partial charge in [0.1, 0.15) is 0 Å². The fourth-order valence-electron chi connectivity index (χ4n) is 3.40. The molecule has 5 nitrogen and oxygen atoms in total. The lowest BCUT2D eigenvalue weighted by Gasteiger charge is -2.16. The van der Waals surface area contributed by atoms with Crippen molar-refractivity contribution in [3.8, 4) is 10.8 Å². The Morgan fingerprint density at radius 2 is 2.30 bits per heavy atom. The fraction of sp³-hybridized carbons (Fsp3) is 0.650. The number of thioether (sulfide) groups is 1. The number of unbranched alkanes of at least 4 members (excludes halogenated alkanes) is 2. The SMILES string of the molecule is CCCCC[C@H](C)NC(=O)CSc1nnc(-c2cc3c(s2)CC[C@@H](C)C3)o1. The van der Waals surface area contributed by atoms with Crippen LogP contribution in [0.1, 0.15) is 63.3 Å². The molecule has 0 bridgehead atoms. The fourth-order valence-corrected chi connectivity index (χ4v) is 5.10. The van der Waals surface area contributed by atoms with E-state index in [1.807, 2.05) is 0 Å². The number of carbonyl (C=O) groups is 1. The first-order valence-electron chi connectivity index (χ1n) is 9.92. The summed E-state index contributed by atoms with van der Waals surface area (Å²) in [7, 11) is 0. The summed E-state index contributed by atoms with van der Waals surface area (Å²) in [5.74, 6) is 1.64. The summed E-state index contributed by atoms with van der Waals surface area (Å²) < 4.78 is 5.78. The zero-order valence-corrected chi connectivity index (χ0v) is 18.0. The quantitative estimate of drug-likeness (QED) is 0.463. The van der Waals surface area contributed by atoms with Crippen molar-refractivity contribution in [1.29, 1.82) is 0 Å². The Labute approximate surface area is 169 Å². The Bertz CT molecular complexity index is 756. The van der Waals surface area contributed by atoms with Crippen LogP contribution in [0.15, 0.2) is 15.7 Å². The Balaban J connectivity index is 1.49.